The molecule has 0 aliphatic carbocycles. The van der Waals surface area contributed by atoms with Gasteiger partial charge in [-0.3, -0.25) is 0 Å². The molecular weight excluding hydrogens is 808 g/mol. The Morgan fingerprint density at radius 3 is 1.55 bits per heavy atom. The Balaban J connectivity index is 1.21. The lowest BCUT2D eigenvalue weighted by Crippen LogP contribution is -2.09. The van der Waals surface area contributed by atoms with Crippen LogP contribution in [0.25, 0.3) is 99.5 Å². The van der Waals surface area contributed by atoms with Crippen molar-refractivity contribution in [2.24, 2.45) is 0 Å². The summed E-state index contributed by atoms with van der Waals surface area (Å²) in [7, 11) is 0. The van der Waals surface area contributed by atoms with Crippen molar-refractivity contribution in [1.29, 1.82) is 5.26 Å². The number of halogens is 3. The van der Waals surface area contributed by atoms with E-state index >= 15 is 13.2 Å². The fraction of sp³-hybridized carbons (Fsp3) is 0.0678. The third kappa shape index (κ3) is 6.67. The van der Waals surface area contributed by atoms with Gasteiger partial charge < -0.3 is 9.13 Å². The Morgan fingerprint density at radius 1 is 0.431 bits per heavy atom. The molecule has 0 aliphatic heterocycles. The smallest absolute Gasteiger partial charge is 0.309 e. The zero-order valence-electron chi connectivity index (χ0n) is 35.9. The van der Waals surface area contributed by atoms with Crippen molar-refractivity contribution in [3.05, 3.63) is 216 Å². The minimum atomic E-state index is -4.63. The summed E-state index contributed by atoms with van der Waals surface area (Å²) in [4.78, 5) is 0. The van der Waals surface area contributed by atoms with Gasteiger partial charge in [0, 0.05) is 32.8 Å². The molecule has 0 spiro atoms. The molecule has 0 radical (unpaired) electrons. The first-order chi connectivity index (χ1) is 31.6. The molecule has 0 N–H and O–H groups in total. The Hall–Kier alpha value is -8.14. The summed E-state index contributed by atoms with van der Waals surface area (Å²) in [5.41, 5.74) is 13.9. The first-order valence-electron chi connectivity index (χ1n) is 21.6. The van der Waals surface area contributed by atoms with Gasteiger partial charge in [-0.25, -0.2) is 0 Å². The fourth-order valence-electron chi connectivity index (χ4n) is 9.72. The predicted octanol–water partition coefficient (Wildman–Crippen LogP) is 16.4. The van der Waals surface area contributed by atoms with Crippen molar-refractivity contribution in [2.45, 2.75) is 26.9 Å². The highest BCUT2D eigenvalue weighted by atomic mass is 19.4. The number of rotatable bonds is 6. The number of benzene rings is 9. The number of alkyl halides is 3. The topological polar surface area (TPSA) is 33.6 Å². The largest absolute Gasteiger partial charge is 0.417 e. The average molecular weight is 848 g/mol. The number of para-hydroxylation sites is 2. The number of hydrogen-bond acceptors (Lipinski definition) is 1. The zero-order chi connectivity index (χ0) is 44.6. The summed E-state index contributed by atoms with van der Waals surface area (Å²) >= 11 is 0. The number of fused-ring (bicyclic) bond motifs is 6. The molecule has 2 aromatic heterocycles. The van der Waals surface area contributed by atoms with Crippen molar-refractivity contribution in [2.75, 3.05) is 0 Å². The third-order valence-corrected chi connectivity index (χ3v) is 12.9. The summed E-state index contributed by atoms with van der Waals surface area (Å²) in [6.45, 7) is 5.88. The van der Waals surface area contributed by atoms with E-state index < -0.39 is 11.7 Å². The summed E-state index contributed by atoms with van der Waals surface area (Å²) in [5, 5.41) is 14.7. The minimum Gasteiger partial charge on any atom is -0.309 e. The molecule has 0 bridgehead atoms. The molecule has 0 fully saturated rings. The molecule has 0 amide bonds. The molecule has 3 nitrogen and oxygen atoms in total. The van der Waals surface area contributed by atoms with Crippen molar-refractivity contribution in [1.82, 2.24) is 9.13 Å². The highest BCUT2D eigenvalue weighted by Gasteiger charge is 2.35. The Bertz CT molecular complexity index is 3730. The molecule has 312 valence electrons. The van der Waals surface area contributed by atoms with Crippen LogP contribution in [0.3, 0.4) is 0 Å². The van der Waals surface area contributed by atoms with E-state index in [1.807, 2.05) is 54.6 Å². The van der Waals surface area contributed by atoms with Crippen molar-refractivity contribution in [3.8, 4) is 62.0 Å². The van der Waals surface area contributed by atoms with Gasteiger partial charge in [-0.15, -0.1) is 0 Å². The number of nitrogens with zero attached hydrogens (tertiary/aromatic N) is 3. The van der Waals surface area contributed by atoms with Gasteiger partial charge in [0.1, 0.15) is 0 Å². The van der Waals surface area contributed by atoms with Crippen LogP contribution >= 0.6 is 0 Å². The monoisotopic (exact) mass is 847 g/mol. The third-order valence-electron chi connectivity index (χ3n) is 12.9. The van der Waals surface area contributed by atoms with Gasteiger partial charge in [0.15, 0.2) is 0 Å². The van der Waals surface area contributed by atoms with Crippen LogP contribution in [-0.4, -0.2) is 9.13 Å². The lowest BCUT2D eigenvalue weighted by Gasteiger charge is -2.22. The molecule has 65 heavy (non-hydrogen) atoms. The molecule has 0 unspecified atom stereocenters. The van der Waals surface area contributed by atoms with Gasteiger partial charge in [-0.05, 0) is 138 Å². The lowest BCUT2D eigenvalue weighted by molar-refractivity contribution is -0.137. The lowest BCUT2D eigenvalue weighted by atomic mass is 9.87. The van der Waals surface area contributed by atoms with E-state index in [1.54, 1.807) is 19.1 Å². The zero-order valence-corrected chi connectivity index (χ0v) is 35.9. The van der Waals surface area contributed by atoms with E-state index in [0.29, 0.717) is 27.8 Å². The van der Waals surface area contributed by atoms with Crippen molar-refractivity contribution < 1.29 is 13.2 Å². The summed E-state index contributed by atoms with van der Waals surface area (Å²) in [5.74, 6) is 0. The maximum Gasteiger partial charge on any atom is 0.417 e. The normalized spacial score (nSPS) is 11.8. The first-order valence-corrected chi connectivity index (χ1v) is 21.6. The Kier molecular flexibility index (Phi) is 9.34. The number of aromatic nitrogens is 2. The Morgan fingerprint density at radius 2 is 0.969 bits per heavy atom. The van der Waals surface area contributed by atoms with Crippen LogP contribution in [0.4, 0.5) is 13.2 Å². The molecule has 0 saturated carbocycles. The van der Waals surface area contributed by atoms with Crippen LogP contribution in [0, 0.1) is 32.1 Å². The first kappa shape index (κ1) is 39.7. The van der Waals surface area contributed by atoms with Gasteiger partial charge in [0.05, 0.1) is 45.0 Å². The second-order valence-electron chi connectivity index (χ2n) is 17.0. The molecule has 11 aromatic rings. The molecule has 0 saturated heterocycles. The van der Waals surface area contributed by atoms with E-state index in [0.717, 1.165) is 83.3 Å². The quantitative estimate of drug-likeness (QED) is 0.164. The highest BCUT2D eigenvalue weighted by Crippen LogP contribution is 2.47. The standard InChI is InChI=1S/C59H40F3N3/c1-36-15-20-40(21-16-36)42-24-29-55-50(32-42)45-10-4-6-13-53(45)64(55)44-26-27-47(58-38(3)9-8-12-52(58)59(60,61)62)48(34-44)49-31-39(35-63)19-28-56(49)65-54-14-7-5-11-46(54)51-33-43(25-30-57(51)65)41-22-17-37(2)18-23-41/h4-34H,1-3H3. The SMILES string of the molecule is Cc1ccc(-c2ccc3c(c2)c2ccccc2n3-c2ccc(-c3c(C)cccc3C(F)(F)F)c(-c3cc(C#N)ccc3-n3c4ccccc4c4cc(-c5ccc(C)cc5)ccc43)c2)cc1. The van der Waals surface area contributed by atoms with Gasteiger partial charge >= 0.3 is 6.18 Å². The fourth-order valence-corrected chi connectivity index (χ4v) is 9.72. The van der Waals surface area contributed by atoms with E-state index in [4.69, 9.17) is 0 Å². The van der Waals surface area contributed by atoms with Crippen LogP contribution < -0.4 is 0 Å². The summed E-state index contributed by atoms with van der Waals surface area (Å²) in [6, 6.07) is 64.3. The molecule has 11 rings (SSSR count). The van der Waals surface area contributed by atoms with E-state index in [1.165, 1.54) is 17.2 Å². The van der Waals surface area contributed by atoms with Crippen molar-refractivity contribution >= 4 is 43.6 Å². The van der Waals surface area contributed by atoms with E-state index in [-0.39, 0.29) is 5.56 Å². The molecular formula is C59H40F3N3. The van der Waals surface area contributed by atoms with Crippen LogP contribution in [-0.2, 0) is 6.18 Å². The Labute approximate surface area is 374 Å². The highest BCUT2D eigenvalue weighted by molar-refractivity contribution is 6.12. The number of hydrogen-bond donors (Lipinski definition) is 0. The van der Waals surface area contributed by atoms with Crippen LogP contribution in [0.1, 0.15) is 27.8 Å². The van der Waals surface area contributed by atoms with Gasteiger partial charge in [-0.2, -0.15) is 18.4 Å². The summed E-state index contributed by atoms with van der Waals surface area (Å²) < 4.78 is 49.9. The predicted molar refractivity (Wildman–Crippen MR) is 261 cm³/mol. The maximum atomic E-state index is 15.2. The summed E-state index contributed by atoms with van der Waals surface area (Å²) in [6.07, 6.45) is -4.63. The van der Waals surface area contributed by atoms with Gasteiger partial charge in [0.25, 0.3) is 0 Å². The van der Waals surface area contributed by atoms with E-state index in [9.17, 15) is 5.26 Å². The molecule has 2 heterocycles. The molecule has 0 atom stereocenters. The average Bonchev–Trinajstić information content (AvgIpc) is 3.83. The second-order valence-corrected chi connectivity index (χ2v) is 17.0. The maximum absolute atomic E-state index is 15.2. The second kappa shape index (κ2) is 15.3. The van der Waals surface area contributed by atoms with Crippen molar-refractivity contribution in [3.63, 3.8) is 0 Å². The molecule has 9 aromatic carbocycles. The van der Waals surface area contributed by atoms with Gasteiger partial charge in [-0.1, -0.05) is 126 Å². The van der Waals surface area contributed by atoms with Crippen LogP contribution in [0.15, 0.2) is 188 Å². The number of aryl methyl sites for hydroxylation is 3. The van der Waals surface area contributed by atoms with E-state index in [2.05, 4.69) is 138 Å². The number of nitriles is 1. The van der Waals surface area contributed by atoms with Gasteiger partial charge in [0.2, 0.25) is 0 Å². The molecule has 6 heteroatoms. The van der Waals surface area contributed by atoms with Crippen LogP contribution in [0.2, 0.25) is 0 Å². The minimum absolute atomic E-state index is 0.102. The molecule has 0 aliphatic rings. The van der Waals surface area contributed by atoms with Crippen LogP contribution in [0.5, 0.6) is 0 Å².